The van der Waals surface area contributed by atoms with Crippen LogP contribution in [0.3, 0.4) is 0 Å². The summed E-state index contributed by atoms with van der Waals surface area (Å²) in [4.78, 5) is 15.5. The quantitative estimate of drug-likeness (QED) is 0.640. The maximum atomic E-state index is 12.5. The Balaban J connectivity index is 2.70. The van der Waals surface area contributed by atoms with Gasteiger partial charge in [0.2, 0.25) is 0 Å². The van der Waals surface area contributed by atoms with Gasteiger partial charge in [-0.3, -0.25) is 0 Å². The van der Waals surface area contributed by atoms with E-state index in [1.165, 1.54) is 6.92 Å². The Morgan fingerprint density at radius 2 is 2.19 bits per heavy atom. The van der Waals surface area contributed by atoms with Crippen LogP contribution >= 0.6 is 28.6 Å². The van der Waals surface area contributed by atoms with Gasteiger partial charge in [0.1, 0.15) is 5.56 Å². The van der Waals surface area contributed by atoms with Crippen molar-refractivity contribution in [3.05, 3.63) is 16.1 Å². The van der Waals surface area contributed by atoms with Crippen LogP contribution in [0, 0.1) is 0 Å². The van der Waals surface area contributed by atoms with Gasteiger partial charge in [-0.25, -0.2) is 4.79 Å². The van der Waals surface area contributed by atoms with Crippen molar-refractivity contribution >= 4 is 45.6 Å². The number of hydrogen-bond donors (Lipinski definition) is 1. The van der Waals surface area contributed by atoms with Crippen molar-refractivity contribution in [1.82, 2.24) is 4.98 Å². The molecule has 1 aromatic carbocycles. The molecule has 0 saturated heterocycles. The molecule has 0 aliphatic heterocycles. The number of benzene rings is 1. The molecule has 21 heavy (non-hydrogen) atoms. The highest BCUT2D eigenvalue weighted by Gasteiger charge is 2.36. The topological polar surface area (TPSA) is 61.6 Å². The van der Waals surface area contributed by atoms with Crippen molar-refractivity contribution in [3.8, 4) is 5.75 Å². The predicted octanol–water partition coefficient (Wildman–Crippen LogP) is 3.95. The largest absolute Gasteiger partial charge is 0.573 e. The molecule has 0 atom stereocenters. The van der Waals surface area contributed by atoms with E-state index in [2.05, 4.69) is 38.3 Å². The van der Waals surface area contributed by atoms with Crippen LogP contribution in [-0.2, 0) is 4.74 Å². The number of alkyl halides is 3. The number of esters is 1. The van der Waals surface area contributed by atoms with Gasteiger partial charge < -0.3 is 13.9 Å². The second-order valence-corrected chi connectivity index (χ2v) is 4.91. The molecule has 0 spiro atoms. The minimum absolute atomic E-state index is 0.00339. The summed E-state index contributed by atoms with van der Waals surface area (Å²) in [6.07, 6.45) is -5.00. The zero-order valence-corrected chi connectivity index (χ0v) is 12.8. The van der Waals surface area contributed by atoms with Crippen LogP contribution < -0.4 is 4.74 Å². The number of rotatable bonds is 3. The summed E-state index contributed by atoms with van der Waals surface area (Å²) in [5.41, 5.74) is -0.725. The first-order valence-electron chi connectivity index (χ1n) is 5.47. The first kappa shape index (κ1) is 16.0. The van der Waals surface area contributed by atoms with E-state index in [1.807, 2.05) is 0 Å². The van der Waals surface area contributed by atoms with Crippen LogP contribution in [0.1, 0.15) is 17.3 Å². The molecule has 0 bridgehead atoms. The Morgan fingerprint density at radius 1 is 1.52 bits per heavy atom. The Labute approximate surface area is 129 Å². The highest BCUT2D eigenvalue weighted by atomic mass is 79.9. The normalized spacial score (nSPS) is 11.7. The number of oxazole rings is 1. The summed E-state index contributed by atoms with van der Waals surface area (Å²) in [7, 11) is 0. The highest BCUT2D eigenvalue weighted by Crippen LogP contribution is 2.39. The number of fused-ring (bicyclic) bond motifs is 1. The van der Waals surface area contributed by atoms with Crippen molar-refractivity contribution in [2.24, 2.45) is 0 Å². The minimum Gasteiger partial charge on any atom is -0.462 e. The fourth-order valence-electron chi connectivity index (χ4n) is 1.59. The maximum Gasteiger partial charge on any atom is 0.573 e. The van der Waals surface area contributed by atoms with Gasteiger partial charge in [0.25, 0.3) is 5.22 Å². The molecule has 0 aliphatic carbocycles. The molecule has 114 valence electrons. The zero-order chi connectivity index (χ0) is 15.8. The molecule has 0 radical (unpaired) electrons. The second-order valence-electron chi connectivity index (χ2n) is 3.68. The van der Waals surface area contributed by atoms with Gasteiger partial charge >= 0.3 is 12.3 Å². The Bertz CT molecular complexity index is 701. The average Bonchev–Trinajstić information content (AvgIpc) is 2.74. The van der Waals surface area contributed by atoms with Crippen molar-refractivity contribution in [1.29, 1.82) is 0 Å². The number of hydrogen-bond acceptors (Lipinski definition) is 6. The van der Waals surface area contributed by atoms with E-state index < -0.39 is 23.6 Å². The lowest BCUT2D eigenvalue weighted by Crippen LogP contribution is -2.20. The SMILES string of the molecule is CCOC(=O)c1cc(Br)c2oc(S)nc2c1OC(F)(F)F. The van der Waals surface area contributed by atoms with Gasteiger partial charge in [0.15, 0.2) is 16.8 Å². The van der Waals surface area contributed by atoms with Gasteiger partial charge in [0.05, 0.1) is 11.1 Å². The number of thiol groups is 1. The zero-order valence-electron chi connectivity index (χ0n) is 10.3. The van der Waals surface area contributed by atoms with Crippen LogP contribution in [0.2, 0.25) is 0 Å². The standard InChI is InChI=1S/C11H7BrF3NO4S/c1-2-18-9(17)4-3-5(12)8-6(16-10(21)19-8)7(4)20-11(13,14)15/h3H,2H2,1H3,(H,16,21). The third-order valence-electron chi connectivity index (χ3n) is 2.28. The fraction of sp³-hybridized carbons (Fsp3) is 0.273. The minimum atomic E-state index is -5.00. The summed E-state index contributed by atoms with van der Waals surface area (Å²) in [5, 5.41) is -0.168. The van der Waals surface area contributed by atoms with Gasteiger partial charge in [-0.15, -0.1) is 13.2 Å². The molecular formula is C11H7BrF3NO4S. The van der Waals surface area contributed by atoms with Crippen LogP contribution in [-0.4, -0.2) is 23.9 Å². The van der Waals surface area contributed by atoms with Crippen LogP contribution in [0.15, 0.2) is 20.2 Å². The molecule has 2 aromatic rings. The predicted molar refractivity (Wildman–Crippen MR) is 71.6 cm³/mol. The van der Waals surface area contributed by atoms with Crippen LogP contribution in [0.4, 0.5) is 13.2 Å². The molecule has 1 heterocycles. The molecule has 0 N–H and O–H groups in total. The molecule has 0 aliphatic rings. The molecular weight excluding hydrogens is 379 g/mol. The number of nitrogens with zero attached hydrogens (tertiary/aromatic N) is 1. The van der Waals surface area contributed by atoms with E-state index >= 15 is 0 Å². The van der Waals surface area contributed by atoms with Crippen molar-refractivity contribution < 1.29 is 31.9 Å². The van der Waals surface area contributed by atoms with E-state index in [1.54, 1.807) is 0 Å². The summed E-state index contributed by atoms with van der Waals surface area (Å²) in [6.45, 7) is 1.52. The second kappa shape index (κ2) is 5.76. The third-order valence-corrected chi connectivity index (χ3v) is 3.06. The number of ether oxygens (including phenoxy) is 2. The van der Waals surface area contributed by atoms with Crippen LogP contribution in [0.5, 0.6) is 5.75 Å². The molecule has 5 nitrogen and oxygen atoms in total. The lowest BCUT2D eigenvalue weighted by Gasteiger charge is -2.13. The maximum absolute atomic E-state index is 12.5. The van der Waals surface area contributed by atoms with Crippen LogP contribution in [0.25, 0.3) is 11.1 Å². The summed E-state index contributed by atoms with van der Waals surface area (Å²) in [6, 6.07) is 1.11. The average molecular weight is 386 g/mol. The molecule has 0 fully saturated rings. The van der Waals surface area contributed by atoms with E-state index in [-0.39, 0.29) is 27.4 Å². The molecule has 1 aromatic heterocycles. The van der Waals surface area contributed by atoms with Crippen molar-refractivity contribution in [2.75, 3.05) is 6.61 Å². The Kier molecular flexibility index (Phi) is 4.38. The fourth-order valence-corrected chi connectivity index (χ4v) is 2.28. The number of carbonyl (C=O) groups excluding carboxylic acids is 1. The lowest BCUT2D eigenvalue weighted by molar-refractivity contribution is -0.274. The van der Waals surface area contributed by atoms with E-state index in [0.717, 1.165) is 6.07 Å². The number of aromatic nitrogens is 1. The summed E-state index contributed by atoms with van der Waals surface area (Å²) >= 11 is 6.91. The first-order chi connectivity index (χ1) is 9.73. The molecule has 0 unspecified atom stereocenters. The molecule has 2 rings (SSSR count). The Morgan fingerprint density at radius 3 is 2.76 bits per heavy atom. The summed E-state index contributed by atoms with van der Waals surface area (Å²) < 4.78 is 51.5. The van der Waals surface area contributed by atoms with Crippen molar-refractivity contribution in [3.63, 3.8) is 0 Å². The highest BCUT2D eigenvalue weighted by molar-refractivity contribution is 9.10. The third kappa shape index (κ3) is 3.43. The van der Waals surface area contributed by atoms with Gasteiger partial charge in [0, 0.05) is 0 Å². The van der Waals surface area contributed by atoms with Crippen molar-refractivity contribution in [2.45, 2.75) is 18.5 Å². The smallest absolute Gasteiger partial charge is 0.462 e. The molecule has 0 amide bonds. The Hall–Kier alpha value is -1.42. The first-order valence-corrected chi connectivity index (χ1v) is 6.71. The monoisotopic (exact) mass is 385 g/mol. The molecule has 10 heteroatoms. The van der Waals surface area contributed by atoms with E-state index in [9.17, 15) is 18.0 Å². The van der Waals surface area contributed by atoms with Gasteiger partial charge in [-0.1, -0.05) is 12.6 Å². The van der Waals surface area contributed by atoms with Gasteiger partial charge in [-0.2, -0.15) is 4.98 Å². The van der Waals surface area contributed by atoms with Gasteiger partial charge in [-0.05, 0) is 28.9 Å². The number of carbonyl (C=O) groups is 1. The number of halogens is 4. The molecule has 0 saturated carbocycles. The van der Waals surface area contributed by atoms with E-state index in [4.69, 9.17) is 9.15 Å². The summed E-state index contributed by atoms with van der Waals surface area (Å²) in [5.74, 6) is -1.76. The van der Waals surface area contributed by atoms with E-state index in [0.29, 0.717) is 0 Å². The lowest BCUT2D eigenvalue weighted by atomic mass is 10.2.